The number of furan rings is 1. The topological polar surface area (TPSA) is 58.5 Å². The molecule has 0 bridgehead atoms. The van der Waals surface area contributed by atoms with Gasteiger partial charge in [-0.2, -0.15) is 4.98 Å². The van der Waals surface area contributed by atoms with Crippen LogP contribution in [-0.4, -0.2) is 46.1 Å². The summed E-state index contributed by atoms with van der Waals surface area (Å²) in [6, 6.07) is 11.8. The molecule has 1 aliphatic rings. The molecule has 0 unspecified atom stereocenters. The van der Waals surface area contributed by atoms with E-state index in [4.69, 9.17) is 20.5 Å². The van der Waals surface area contributed by atoms with Crippen molar-refractivity contribution in [3.05, 3.63) is 58.9 Å². The molecule has 0 spiro atoms. The maximum absolute atomic E-state index is 6.01. The van der Waals surface area contributed by atoms with Crippen LogP contribution in [-0.2, 0) is 13.1 Å². The Morgan fingerprint density at radius 1 is 0.962 bits per heavy atom. The number of rotatable bonds is 5. The highest BCUT2D eigenvalue weighted by Crippen LogP contribution is 2.24. The third-order valence-electron chi connectivity index (χ3n) is 4.57. The second-order valence-corrected chi connectivity index (χ2v) is 6.99. The average Bonchev–Trinajstić information content (AvgIpc) is 3.26. The van der Waals surface area contributed by atoms with Crippen LogP contribution in [0.3, 0.4) is 0 Å². The van der Waals surface area contributed by atoms with E-state index in [-0.39, 0.29) is 0 Å². The first kappa shape index (κ1) is 17.3. The number of aryl methyl sites for hydroxylation is 1. The Hall–Kier alpha value is -2.15. The smallest absolute Gasteiger partial charge is 0.223 e. The molecule has 1 saturated heterocycles. The number of benzene rings is 1. The lowest BCUT2D eigenvalue weighted by Gasteiger charge is -2.33. The molecule has 3 heterocycles. The van der Waals surface area contributed by atoms with Crippen molar-refractivity contribution in [3.8, 4) is 11.3 Å². The molecule has 136 valence electrons. The molecular formula is C19H21ClN4O2. The van der Waals surface area contributed by atoms with E-state index in [9.17, 15) is 0 Å². The van der Waals surface area contributed by atoms with Gasteiger partial charge < -0.3 is 8.94 Å². The summed E-state index contributed by atoms with van der Waals surface area (Å²) in [6.07, 6.45) is 0. The molecule has 1 aromatic carbocycles. The van der Waals surface area contributed by atoms with Gasteiger partial charge in [-0.15, -0.1) is 0 Å². The molecule has 2 aromatic heterocycles. The summed E-state index contributed by atoms with van der Waals surface area (Å²) in [5.41, 5.74) is 1.04. The molecule has 0 amide bonds. The van der Waals surface area contributed by atoms with Crippen molar-refractivity contribution in [1.29, 1.82) is 0 Å². The van der Waals surface area contributed by atoms with Crippen LogP contribution in [0.2, 0.25) is 5.02 Å². The molecule has 7 heteroatoms. The molecule has 0 aliphatic carbocycles. The number of aromatic nitrogens is 2. The lowest BCUT2D eigenvalue weighted by molar-refractivity contribution is 0.113. The van der Waals surface area contributed by atoms with Crippen LogP contribution in [0.15, 0.2) is 45.3 Å². The zero-order chi connectivity index (χ0) is 17.9. The van der Waals surface area contributed by atoms with Crippen LogP contribution in [0, 0.1) is 6.92 Å². The van der Waals surface area contributed by atoms with Gasteiger partial charge in [0.25, 0.3) is 0 Å². The monoisotopic (exact) mass is 372 g/mol. The Morgan fingerprint density at radius 2 is 1.65 bits per heavy atom. The van der Waals surface area contributed by atoms with Crippen LogP contribution in [0.1, 0.15) is 17.5 Å². The van der Waals surface area contributed by atoms with E-state index in [1.807, 2.05) is 37.3 Å². The Bertz CT molecular complexity index is 851. The highest BCUT2D eigenvalue weighted by Gasteiger charge is 2.19. The molecule has 0 radical (unpaired) electrons. The minimum Gasteiger partial charge on any atom is -0.460 e. The third kappa shape index (κ3) is 4.15. The van der Waals surface area contributed by atoms with Crippen LogP contribution >= 0.6 is 11.6 Å². The van der Waals surface area contributed by atoms with Crippen molar-refractivity contribution < 1.29 is 8.94 Å². The third-order valence-corrected chi connectivity index (χ3v) is 4.82. The maximum atomic E-state index is 6.01. The quantitative estimate of drug-likeness (QED) is 0.682. The summed E-state index contributed by atoms with van der Waals surface area (Å²) in [4.78, 5) is 9.03. The summed E-state index contributed by atoms with van der Waals surface area (Å²) in [6.45, 7) is 7.34. The molecule has 4 rings (SSSR count). The standard InChI is InChI=1S/C19H21ClN4O2/c1-14-21-19(22-26-14)13-24-10-8-23(9-11-24)12-17-6-7-18(25-17)15-2-4-16(20)5-3-15/h2-7H,8-13H2,1H3. The van der Waals surface area contributed by atoms with Crippen molar-refractivity contribution in [3.63, 3.8) is 0 Å². The van der Waals surface area contributed by atoms with Gasteiger partial charge in [0.1, 0.15) is 11.5 Å². The van der Waals surface area contributed by atoms with E-state index < -0.39 is 0 Å². The first-order chi connectivity index (χ1) is 12.7. The summed E-state index contributed by atoms with van der Waals surface area (Å²) in [5, 5.41) is 4.70. The summed E-state index contributed by atoms with van der Waals surface area (Å²) < 4.78 is 11.0. The predicted octanol–water partition coefficient (Wildman–Crippen LogP) is 3.61. The van der Waals surface area contributed by atoms with Gasteiger partial charge in [0.15, 0.2) is 5.82 Å². The summed E-state index contributed by atoms with van der Waals surface area (Å²) >= 11 is 5.94. The van der Waals surface area contributed by atoms with Crippen molar-refractivity contribution in [2.24, 2.45) is 0 Å². The van der Waals surface area contributed by atoms with Crippen molar-refractivity contribution in [2.45, 2.75) is 20.0 Å². The normalized spacial score (nSPS) is 16.2. The van der Waals surface area contributed by atoms with Gasteiger partial charge in [-0.05, 0) is 36.4 Å². The lowest BCUT2D eigenvalue weighted by atomic mass is 10.2. The minimum atomic E-state index is 0.618. The fraction of sp³-hybridized carbons (Fsp3) is 0.368. The van der Waals surface area contributed by atoms with Gasteiger partial charge in [-0.3, -0.25) is 9.80 Å². The number of halogens is 1. The fourth-order valence-electron chi connectivity index (χ4n) is 3.16. The van der Waals surface area contributed by atoms with Gasteiger partial charge in [-0.25, -0.2) is 0 Å². The Morgan fingerprint density at radius 3 is 2.31 bits per heavy atom. The number of hydrogen-bond donors (Lipinski definition) is 0. The zero-order valence-corrected chi connectivity index (χ0v) is 15.4. The largest absolute Gasteiger partial charge is 0.460 e. The summed E-state index contributed by atoms with van der Waals surface area (Å²) in [5.74, 6) is 3.24. The Kier molecular flexibility index (Phi) is 5.06. The molecule has 26 heavy (non-hydrogen) atoms. The van der Waals surface area contributed by atoms with Crippen molar-refractivity contribution >= 4 is 11.6 Å². The summed E-state index contributed by atoms with van der Waals surface area (Å²) in [7, 11) is 0. The second kappa shape index (κ2) is 7.61. The fourth-order valence-corrected chi connectivity index (χ4v) is 3.29. The number of piperazine rings is 1. The van der Waals surface area contributed by atoms with E-state index in [0.29, 0.717) is 5.89 Å². The molecule has 0 N–H and O–H groups in total. The van der Waals surface area contributed by atoms with Gasteiger partial charge in [0, 0.05) is 43.7 Å². The van der Waals surface area contributed by atoms with Crippen LogP contribution in [0.4, 0.5) is 0 Å². The number of nitrogens with zero attached hydrogens (tertiary/aromatic N) is 4. The van der Waals surface area contributed by atoms with Gasteiger partial charge in [0.05, 0.1) is 13.1 Å². The van der Waals surface area contributed by atoms with E-state index in [0.717, 1.165) is 67.2 Å². The van der Waals surface area contributed by atoms with Crippen molar-refractivity contribution in [2.75, 3.05) is 26.2 Å². The SMILES string of the molecule is Cc1nc(CN2CCN(Cc3ccc(-c4ccc(Cl)cc4)o3)CC2)no1. The second-order valence-electron chi connectivity index (χ2n) is 6.55. The van der Waals surface area contributed by atoms with E-state index >= 15 is 0 Å². The molecule has 1 fully saturated rings. The van der Waals surface area contributed by atoms with Gasteiger partial charge in [0.2, 0.25) is 5.89 Å². The van der Waals surface area contributed by atoms with Crippen LogP contribution in [0.5, 0.6) is 0 Å². The average molecular weight is 373 g/mol. The predicted molar refractivity (Wildman–Crippen MR) is 98.7 cm³/mol. The van der Waals surface area contributed by atoms with E-state index in [1.165, 1.54) is 0 Å². The molecular weight excluding hydrogens is 352 g/mol. The molecule has 0 atom stereocenters. The van der Waals surface area contributed by atoms with E-state index in [2.05, 4.69) is 26.0 Å². The number of hydrogen-bond acceptors (Lipinski definition) is 6. The highest BCUT2D eigenvalue weighted by atomic mass is 35.5. The van der Waals surface area contributed by atoms with Crippen molar-refractivity contribution in [1.82, 2.24) is 19.9 Å². The molecule has 3 aromatic rings. The first-order valence-electron chi connectivity index (χ1n) is 8.74. The molecule has 0 saturated carbocycles. The van der Waals surface area contributed by atoms with Gasteiger partial charge in [-0.1, -0.05) is 16.8 Å². The lowest BCUT2D eigenvalue weighted by Crippen LogP contribution is -2.45. The Labute approximate surface area is 157 Å². The van der Waals surface area contributed by atoms with Crippen LogP contribution in [0.25, 0.3) is 11.3 Å². The Balaban J connectivity index is 1.30. The van der Waals surface area contributed by atoms with Crippen LogP contribution < -0.4 is 0 Å². The zero-order valence-electron chi connectivity index (χ0n) is 14.7. The van der Waals surface area contributed by atoms with E-state index in [1.54, 1.807) is 0 Å². The molecule has 1 aliphatic heterocycles. The maximum Gasteiger partial charge on any atom is 0.223 e. The molecule has 6 nitrogen and oxygen atoms in total. The first-order valence-corrected chi connectivity index (χ1v) is 9.12. The van der Waals surface area contributed by atoms with Gasteiger partial charge >= 0.3 is 0 Å². The minimum absolute atomic E-state index is 0.618. The highest BCUT2D eigenvalue weighted by molar-refractivity contribution is 6.30.